The number of carbonyl (C=O) groups is 1. The molecule has 1 saturated carbocycles. The van der Waals surface area contributed by atoms with Gasteiger partial charge in [0.05, 0.1) is 7.11 Å². The van der Waals surface area contributed by atoms with Gasteiger partial charge in [0.25, 0.3) is 5.91 Å². The zero-order valence-electron chi connectivity index (χ0n) is 11.8. The molecule has 2 rings (SSSR count). The van der Waals surface area contributed by atoms with E-state index in [1.807, 2.05) is 0 Å². The summed E-state index contributed by atoms with van der Waals surface area (Å²) >= 11 is 3.58. The molecule has 20 heavy (non-hydrogen) atoms. The molecule has 2 atom stereocenters. The highest BCUT2D eigenvalue weighted by molar-refractivity contribution is 9.09. The molecule has 1 aliphatic rings. The van der Waals surface area contributed by atoms with Crippen molar-refractivity contribution >= 4 is 21.8 Å². The normalized spacial score (nSPS) is 22.3. The SMILES string of the molecule is COc1ncccc1C(=O)NCC1CCCCC1CBr. The predicted molar refractivity (Wildman–Crippen MR) is 82.4 cm³/mol. The molecule has 1 aromatic rings. The number of nitrogens with one attached hydrogen (secondary N) is 1. The minimum Gasteiger partial charge on any atom is -0.480 e. The Morgan fingerprint density at radius 2 is 2.20 bits per heavy atom. The van der Waals surface area contributed by atoms with Gasteiger partial charge in [-0.25, -0.2) is 4.98 Å². The first kappa shape index (κ1) is 15.3. The van der Waals surface area contributed by atoms with Crippen LogP contribution in [0.3, 0.4) is 0 Å². The Hall–Kier alpha value is -1.10. The number of amides is 1. The molecule has 0 aromatic carbocycles. The van der Waals surface area contributed by atoms with Gasteiger partial charge in [0.15, 0.2) is 0 Å². The number of nitrogens with zero attached hydrogens (tertiary/aromatic N) is 1. The number of rotatable bonds is 5. The molecule has 4 nitrogen and oxygen atoms in total. The number of pyridine rings is 1. The first-order valence-corrected chi connectivity index (χ1v) is 8.21. The molecule has 0 aliphatic heterocycles. The van der Waals surface area contributed by atoms with E-state index in [9.17, 15) is 4.79 Å². The molecule has 1 N–H and O–H groups in total. The molecular formula is C15H21BrN2O2. The molecular weight excluding hydrogens is 320 g/mol. The zero-order valence-corrected chi connectivity index (χ0v) is 13.4. The van der Waals surface area contributed by atoms with Crippen molar-refractivity contribution in [3.8, 4) is 5.88 Å². The smallest absolute Gasteiger partial charge is 0.256 e. The second-order valence-corrected chi connectivity index (χ2v) is 5.88. The minimum absolute atomic E-state index is 0.103. The Morgan fingerprint density at radius 1 is 1.45 bits per heavy atom. The standard InChI is InChI=1S/C15H21BrN2O2/c1-20-15-13(7-4-8-17-15)14(19)18-10-12-6-3-2-5-11(12)9-16/h4,7-8,11-12H,2-3,5-6,9-10H2,1H3,(H,18,19). The van der Waals surface area contributed by atoms with Gasteiger partial charge in [-0.1, -0.05) is 28.8 Å². The van der Waals surface area contributed by atoms with E-state index in [1.165, 1.54) is 32.8 Å². The van der Waals surface area contributed by atoms with Crippen LogP contribution in [0.2, 0.25) is 0 Å². The van der Waals surface area contributed by atoms with Gasteiger partial charge in [-0.2, -0.15) is 0 Å². The van der Waals surface area contributed by atoms with Crippen LogP contribution < -0.4 is 10.1 Å². The molecule has 1 heterocycles. The van der Waals surface area contributed by atoms with Gasteiger partial charge in [-0.3, -0.25) is 4.79 Å². The maximum absolute atomic E-state index is 12.2. The highest BCUT2D eigenvalue weighted by Crippen LogP contribution is 2.30. The highest BCUT2D eigenvalue weighted by atomic mass is 79.9. The lowest BCUT2D eigenvalue weighted by Crippen LogP contribution is -2.35. The van der Waals surface area contributed by atoms with Gasteiger partial charge >= 0.3 is 0 Å². The fraction of sp³-hybridized carbons (Fsp3) is 0.600. The Balaban J connectivity index is 1.94. The van der Waals surface area contributed by atoms with Crippen molar-refractivity contribution in [2.75, 3.05) is 19.0 Å². The van der Waals surface area contributed by atoms with Crippen molar-refractivity contribution in [1.29, 1.82) is 0 Å². The van der Waals surface area contributed by atoms with E-state index in [1.54, 1.807) is 18.3 Å². The predicted octanol–water partition coefficient (Wildman–Crippen LogP) is 3.02. The lowest BCUT2D eigenvalue weighted by Gasteiger charge is -2.30. The summed E-state index contributed by atoms with van der Waals surface area (Å²) in [6.45, 7) is 0.729. The number of hydrogen-bond acceptors (Lipinski definition) is 3. The average molecular weight is 341 g/mol. The second-order valence-electron chi connectivity index (χ2n) is 5.23. The summed E-state index contributed by atoms with van der Waals surface area (Å²) in [4.78, 5) is 16.3. The summed E-state index contributed by atoms with van der Waals surface area (Å²) in [5, 5.41) is 4.05. The second kappa shape index (κ2) is 7.62. The van der Waals surface area contributed by atoms with Gasteiger partial charge in [-0.15, -0.1) is 0 Å². The van der Waals surface area contributed by atoms with Crippen LogP contribution >= 0.6 is 15.9 Å². The molecule has 1 aromatic heterocycles. The van der Waals surface area contributed by atoms with Crippen molar-refractivity contribution in [2.45, 2.75) is 25.7 Å². The van der Waals surface area contributed by atoms with Crippen molar-refractivity contribution < 1.29 is 9.53 Å². The number of alkyl halides is 1. The quantitative estimate of drug-likeness (QED) is 0.838. The average Bonchev–Trinajstić information content (AvgIpc) is 2.52. The summed E-state index contributed by atoms with van der Waals surface area (Å²) in [7, 11) is 1.53. The van der Waals surface area contributed by atoms with Crippen LogP contribution in [0.4, 0.5) is 0 Å². The molecule has 1 fully saturated rings. The monoisotopic (exact) mass is 340 g/mol. The lowest BCUT2D eigenvalue weighted by atomic mass is 9.80. The molecule has 1 amide bonds. The van der Waals surface area contributed by atoms with Crippen LogP contribution in [-0.2, 0) is 0 Å². The fourth-order valence-electron chi connectivity index (χ4n) is 2.80. The molecule has 5 heteroatoms. The molecule has 0 bridgehead atoms. The van der Waals surface area contributed by atoms with Crippen molar-refractivity contribution in [3.05, 3.63) is 23.9 Å². The minimum atomic E-state index is -0.103. The van der Waals surface area contributed by atoms with E-state index in [0.29, 0.717) is 23.3 Å². The molecule has 0 spiro atoms. The third kappa shape index (κ3) is 3.72. The molecule has 110 valence electrons. The summed E-state index contributed by atoms with van der Waals surface area (Å²) in [6, 6.07) is 3.49. The summed E-state index contributed by atoms with van der Waals surface area (Å²) in [5.41, 5.74) is 0.501. The van der Waals surface area contributed by atoms with E-state index in [0.717, 1.165) is 11.9 Å². The molecule has 2 unspecified atom stereocenters. The first-order chi connectivity index (χ1) is 9.76. The van der Waals surface area contributed by atoms with Gasteiger partial charge < -0.3 is 10.1 Å². The fourth-order valence-corrected chi connectivity index (χ4v) is 3.65. The summed E-state index contributed by atoms with van der Waals surface area (Å²) in [5.74, 6) is 1.51. The number of halogens is 1. The number of hydrogen-bond donors (Lipinski definition) is 1. The third-order valence-corrected chi connectivity index (χ3v) is 4.83. The van der Waals surface area contributed by atoms with Crippen LogP contribution in [0.5, 0.6) is 5.88 Å². The van der Waals surface area contributed by atoms with Crippen molar-refractivity contribution in [2.24, 2.45) is 11.8 Å². The van der Waals surface area contributed by atoms with Gasteiger partial charge in [0.2, 0.25) is 5.88 Å². The topological polar surface area (TPSA) is 51.2 Å². The molecule has 0 radical (unpaired) electrons. The Labute approximate surface area is 128 Å². The van der Waals surface area contributed by atoms with Gasteiger partial charge in [-0.05, 0) is 36.8 Å². The lowest BCUT2D eigenvalue weighted by molar-refractivity contribution is 0.0933. The number of aromatic nitrogens is 1. The Kier molecular flexibility index (Phi) is 5.83. The van der Waals surface area contributed by atoms with Crippen molar-refractivity contribution in [1.82, 2.24) is 10.3 Å². The first-order valence-electron chi connectivity index (χ1n) is 7.09. The van der Waals surface area contributed by atoms with Gasteiger partial charge in [0.1, 0.15) is 5.56 Å². The van der Waals surface area contributed by atoms with Gasteiger partial charge in [0, 0.05) is 18.1 Å². The third-order valence-electron chi connectivity index (χ3n) is 4.00. The molecule has 1 aliphatic carbocycles. The molecule has 0 saturated heterocycles. The Morgan fingerprint density at radius 3 is 2.90 bits per heavy atom. The van der Waals surface area contributed by atoms with Crippen molar-refractivity contribution in [3.63, 3.8) is 0 Å². The van der Waals surface area contributed by atoms with Crippen LogP contribution in [0.1, 0.15) is 36.0 Å². The van der Waals surface area contributed by atoms with Crippen LogP contribution in [-0.4, -0.2) is 29.9 Å². The largest absolute Gasteiger partial charge is 0.480 e. The van der Waals surface area contributed by atoms with E-state index < -0.39 is 0 Å². The van der Waals surface area contributed by atoms with E-state index in [-0.39, 0.29) is 5.91 Å². The summed E-state index contributed by atoms with van der Waals surface area (Å²) in [6.07, 6.45) is 6.64. The number of methoxy groups -OCH3 is 1. The van der Waals surface area contributed by atoms with E-state index >= 15 is 0 Å². The van der Waals surface area contributed by atoms with Crippen LogP contribution in [0.15, 0.2) is 18.3 Å². The van der Waals surface area contributed by atoms with E-state index in [4.69, 9.17) is 4.74 Å². The zero-order chi connectivity index (χ0) is 14.4. The van der Waals surface area contributed by atoms with Crippen LogP contribution in [0.25, 0.3) is 0 Å². The summed E-state index contributed by atoms with van der Waals surface area (Å²) < 4.78 is 5.12. The highest BCUT2D eigenvalue weighted by Gasteiger charge is 2.25. The van der Waals surface area contributed by atoms with E-state index in [2.05, 4.69) is 26.2 Å². The maximum atomic E-state index is 12.2. The Bertz CT molecular complexity index is 453. The maximum Gasteiger partial charge on any atom is 0.256 e. The van der Waals surface area contributed by atoms with Crippen LogP contribution in [0, 0.1) is 11.8 Å². The number of carbonyl (C=O) groups excluding carboxylic acids is 1. The number of ether oxygens (including phenoxy) is 1.